The highest BCUT2D eigenvalue weighted by Gasteiger charge is 2.16. The third-order valence-electron chi connectivity index (χ3n) is 2.06. The van der Waals surface area contributed by atoms with Crippen molar-refractivity contribution >= 4 is 5.91 Å². The largest absolute Gasteiger partial charge is 0.339 e. The Morgan fingerprint density at radius 2 is 2.31 bits per heavy atom. The van der Waals surface area contributed by atoms with E-state index in [9.17, 15) is 4.79 Å². The van der Waals surface area contributed by atoms with Gasteiger partial charge in [-0.1, -0.05) is 13.0 Å². The van der Waals surface area contributed by atoms with Crippen molar-refractivity contribution in [3.8, 4) is 0 Å². The van der Waals surface area contributed by atoms with Gasteiger partial charge >= 0.3 is 0 Å². The number of carbonyl (C=O) groups is 1. The highest BCUT2D eigenvalue weighted by Crippen LogP contribution is 2.05. The highest BCUT2D eigenvalue weighted by molar-refractivity contribution is 5.78. The number of nitrogens with two attached hydrogens (primary N) is 1. The Kier molecular flexibility index (Phi) is 6.24. The molecule has 0 aliphatic heterocycles. The van der Waals surface area contributed by atoms with Gasteiger partial charge in [0.25, 0.3) is 0 Å². The summed E-state index contributed by atoms with van der Waals surface area (Å²) in [5.41, 5.74) is 5.39. The second-order valence-corrected chi connectivity index (χ2v) is 3.14. The van der Waals surface area contributed by atoms with Crippen LogP contribution < -0.4 is 5.73 Å². The molecule has 0 spiro atoms. The molecule has 0 aromatic heterocycles. The SMILES string of the molecule is C=CCN(CC)C(=O)C(C)CCN. The Morgan fingerprint density at radius 3 is 2.69 bits per heavy atom. The quantitative estimate of drug-likeness (QED) is 0.626. The minimum atomic E-state index is 0.0323. The van der Waals surface area contributed by atoms with E-state index in [1.54, 1.807) is 11.0 Å². The zero-order valence-corrected chi connectivity index (χ0v) is 8.62. The van der Waals surface area contributed by atoms with Crippen LogP contribution in [0.3, 0.4) is 0 Å². The molecule has 0 bridgehead atoms. The van der Waals surface area contributed by atoms with Gasteiger partial charge in [0.05, 0.1) is 0 Å². The highest BCUT2D eigenvalue weighted by atomic mass is 16.2. The van der Waals surface area contributed by atoms with E-state index in [1.165, 1.54) is 0 Å². The molecule has 0 aromatic carbocycles. The molecule has 0 saturated carbocycles. The third kappa shape index (κ3) is 4.08. The number of hydrogen-bond donors (Lipinski definition) is 1. The van der Waals surface area contributed by atoms with Gasteiger partial charge in [0, 0.05) is 19.0 Å². The summed E-state index contributed by atoms with van der Waals surface area (Å²) in [4.78, 5) is 13.5. The molecule has 0 radical (unpaired) electrons. The van der Waals surface area contributed by atoms with Crippen molar-refractivity contribution < 1.29 is 4.79 Å². The summed E-state index contributed by atoms with van der Waals surface area (Å²) in [7, 11) is 0. The van der Waals surface area contributed by atoms with Crippen LogP contribution >= 0.6 is 0 Å². The van der Waals surface area contributed by atoms with E-state index in [4.69, 9.17) is 5.73 Å². The van der Waals surface area contributed by atoms with Crippen molar-refractivity contribution in [2.45, 2.75) is 20.3 Å². The lowest BCUT2D eigenvalue weighted by molar-refractivity contribution is -0.134. The standard InChI is InChI=1S/C10H20N2O/c1-4-8-12(5-2)10(13)9(3)6-7-11/h4,9H,1,5-8,11H2,2-3H3. The van der Waals surface area contributed by atoms with Crippen molar-refractivity contribution in [2.75, 3.05) is 19.6 Å². The summed E-state index contributed by atoms with van der Waals surface area (Å²) in [6.07, 6.45) is 2.50. The van der Waals surface area contributed by atoms with Gasteiger partial charge in [0.1, 0.15) is 0 Å². The number of hydrogen-bond acceptors (Lipinski definition) is 2. The van der Waals surface area contributed by atoms with E-state index in [2.05, 4.69) is 6.58 Å². The molecule has 0 aromatic rings. The normalized spacial score (nSPS) is 12.2. The number of carbonyl (C=O) groups excluding carboxylic acids is 1. The Labute approximate surface area is 80.6 Å². The Morgan fingerprint density at radius 1 is 1.69 bits per heavy atom. The molecule has 2 N–H and O–H groups in total. The average molecular weight is 184 g/mol. The summed E-state index contributed by atoms with van der Waals surface area (Å²) in [5.74, 6) is 0.206. The van der Waals surface area contributed by atoms with Crippen LogP contribution in [-0.4, -0.2) is 30.4 Å². The fraction of sp³-hybridized carbons (Fsp3) is 0.700. The molecule has 0 fully saturated rings. The van der Waals surface area contributed by atoms with Crippen LogP contribution in [0.15, 0.2) is 12.7 Å². The maximum Gasteiger partial charge on any atom is 0.225 e. The predicted octanol–water partition coefficient (Wildman–Crippen LogP) is 1.01. The molecule has 1 amide bonds. The zero-order valence-electron chi connectivity index (χ0n) is 8.62. The Bertz CT molecular complexity index is 168. The molecule has 0 rings (SSSR count). The van der Waals surface area contributed by atoms with Crippen molar-refractivity contribution in [3.63, 3.8) is 0 Å². The van der Waals surface area contributed by atoms with Crippen molar-refractivity contribution in [1.82, 2.24) is 4.90 Å². The molecule has 0 aliphatic carbocycles. The van der Waals surface area contributed by atoms with Gasteiger partial charge in [-0.15, -0.1) is 6.58 Å². The third-order valence-corrected chi connectivity index (χ3v) is 2.06. The first kappa shape index (κ1) is 12.2. The maximum absolute atomic E-state index is 11.7. The molecular formula is C10H20N2O. The number of nitrogens with zero attached hydrogens (tertiary/aromatic N) is 1. The van der Waals surface area contributed by atoms with Crippen LogP contribution in [0.4, 0.5) is 0 Å². The molecule has 1 atom stereocenters. The molecule has 3 heteroatoms. The predicted molar refractivity (Wildman–Crippen MR) is 55.3 cm³/mol. The Hall–Kier alpha value is -0.830. The minimum absolute atomic E-state index is 0.0323. The molecule has 13 heavy (non-hydrogen) atoms. The van der Waals surface area contributed by atoms with Crippen molar-refractivity contribution in [2.24, 2.45) is 11.7 Å². The molecule has 76 valence electrons. The smallest absolute Gasteiger partial charge is 0.225 e. The van der Waals surface area contributed by atoms with Gasteiger partial charge in [0.2, 0.25) is 5.91 Å². The Balaban J connectivity index is 4.09. The van der Waals surface area contributed by atoms with E-state index in [0.717, 1.165) is 13.0 Å². The lowest BCUT2D eigenvalue weighted by Crippen LogP contribution is -2.35. The summed E-state index contributed by atoms with van der Waals surface area (Å²) in [5, 5.41) is 0. The summed E-state index contributed by atoms with van der Waals surface area (Å²) in [6.45, 7) is 9.44. The van der Waals surface area contributed by atoms with Gasteiger partial charge < -0.3 is 10.6 Å². The minimum Gasteiger partial charge on any atom is -0.339 e. The first-order chi connectivity index (χ1) is 6.17. The number of likely N-dealkylation sites (N-methyl/N-ethyl adjacent to an activating group) is 1. The number of rotatable bonds is 6. The van der Waals surface area contributed by atoms with Crippen LogP contribution in [0, 0.1) is 5.92 Å². The number of amides is 1. The van der Waals surface area contributed by atoms with Gasteiger partial charge in [0.15, 0.2) is 0 Å². The van der Waals surface area contributed by atoms with E-state index in [1.807, 2.05) is 13.8 Å². The van der Waals surface area contributed by atoms with Gasteiger partial charge in [-0.3, -0.25) is 4.79 Å². The monoisotopic (exact) mass is 184 g/mol. The fourth-order valence-corrected chi connectivity index (χ4v) is 1.22. The molecule has 0 heterocycles. The van der Waals surface area contributed by atoms with E-state index in [-0.39, 0.29) is 11.8 Å². The van der Waals surface area contributed by atoms with Gasteiger partial charge in [-0.25, -0.2) is 0 Å². The molecular weight excluding hydrogens is 164 g/mol. The second kappa shape index (κ2) is 6.66. The van der Waals surface area contributed by atoms with Crippen molar-refractivity contribution in [3.05, 3.63) is 12.7 Å². The summed E-state index contributed by atoms with van der Waals surface area (Å²) in [6, 6.07) is 0. The van der Waals surface area contributed by atoms with Crippen LogP contribution in [0.25, 0.3) is 0 Å². The summed E-state index contributed by atoms with van der Waals surface area (Å²) < 4.78 is 0. The molecule has 1 unspecified atom stereocenters. The second-order valence-electron chi connectivity index (χ2n) is 3.14. The first-order valence-corrected chi connectivity index (χ1v) is 4.77. The van der Waals surface area contributed by atoms with Gasteiger partial charge in [-0.05, 0) is 19.9 Å². The fourth-order valence-electron chi connectivity index (χ4n) is 1.22. The topological polar surface area (TPSA) is 46.3 Å². The lowest BCUT2D eigenvalue weighted by Gasteiger charge is -2.22. The summed E-state index contributed by atoms with van der Waals surface area (Å²) >= 11 is 0. The zero-order chi connectivity index (χ0) is 10.3. The van der Waals surface area contributed by atoms with E-state index >= 15 is 0 Å². The van der Waals surface area contributed by atoms with E-state index < -0.39 is 0 Å². The molecule has 0 saturated heterocycles. The van der Waals surface area contributed by atoms with Crippen LogP contribution in [0.2, 0.25) is 0 Å². The molecule has 0 aliphatic rings. The average Bonchev–Trinajstić information content (AvgIpc) is 2.13. The van der Waals surface area contributed by atoms with Crippen molar-refractivity contribution in [1.29, 1.82) is 0 Å². The van der Waals surface area contributed by atoms with Gasteiger partial charge in [-0.2, -0.15) is 0 Å². The first-order valence-electron chi connectivity index (χ1n) is 4.77. The van der Waals surface area contributed by atoms with Crippen LogP contribution in [0.5, 0.6) is 0 Å². The van der Waals surface area contributed by atoms with Crippen LogP contribution in [-0.2, 0) is 4.79 Å². The maximum atomic E-state index is 11.7. The van der Waals surface area contributed by atoms with E-state index in [0.29, 0.717) is 13.1 Å². The molecule has 3 nitrogen and oxygen atoms in total. The van der Waals surface area contributed by atoms with Crippen LogP contribution in [0.1, 0.15) is 20.3 Å². The lowest BCUT2D eigenvalue weighted by atomic mass is 10.1.